The molecule has 0 spiro atoms. The normalized spacial score (nSPS) is 19.3. The van der Waals surface area contributed by atoms with E-state index in [1.165, 1.54) is 12.8 Å². The Kier molecular flexibility index (Phi) is 3.15. The predicted octanol–water partition coefficient (Wildman–Crippen LogP) is 1.33. The highest BCUT2D eigenvalue weighted by atomic mass is 127. The molecular weight excluding hydrogens is 201 g/mol. The van der Waals surface area contributed by atoms with E-state index in [-0.39, 0.29) is 24.0 Å². The Morgan fingerprint density at radius 1 is 1.29 bits per heavy atom. The summed E-state index contributed by atoms with van der Waals surface area (Å²) in [6.45, 7) is 0. The van der Waals surface area contributed by atoms with E-state index < -0.39 is 0 Å². The van der Waals surface area contributed by atoms with Crippen LogP contribution in [0.3, 0.4) is 0 Å². The van der Waals surface area contributed by atoms with E-state index in [9.17, 15) is 0 Å². The molecule has 1 fully saturated rings. The number of nitrogens with zero attached hydrogens (tertiary/aromatic N) is 1. The van der Waals surface area contributed by atoms with E-state index in [0.29, 0.717) is 0 Å². The minimum atomic E-state index is 0. The van der Waals surface area contributed by atoms with Crippen LogP contribution in [0.2, 0.25) is 0 Å². The SMILES string of the molecule is CN(C)C1CC1.I. The summed E-state index contributed by atoms with van der Waals surface area (Å²) in [5.74, 6) is 0. The first-order valence-electron chi connectivity index (χ1n) is 2.47. The quantitative estimate of drug-likeness (QED) is 0.594. The monoisotopic (exact) mass is 213 g/mol. The maximum atomic E-state index is 2.28. The van der Waals surface area contributed by atoms with Gasteiger partial charge in [0.15, 0.2) is 0 Å². The van der Waals surface area contributed by atoms with Gasteiger partial charge in [0.05, 0.1) is 0 Å². The van der Waals surface area contributed by atoms with Crippen LogP contribution in [0.4, 0.5) is 0 Å². The molecule has 44 valence electrons. The molecule has 0 amide bonds. The second-order valence-electron chi connectivity index (χ2n) is 2.19. The number of hydrogen-bond donors (Lipinski definition) is 0. The molecule has 0 aliphatic heterocycles. The molecule has 1 nitrogen and oxygen atoms in total. The summed E-state index contributed by atoms with van der Waals surface area (Å²) in [6.07, 6.45) is 2.85. The molecule has 1 aliphatic carbocycles. The lowest BCUT2D eigenvalue weighted by atomic mass is 10.6. The lowest BCUT2D eigenvalue weighted by Crippen LogP contribution is -2.12. The van der Waals surface area contributed by atoms with Crippen LogP contribution in [0.1, 0.15) is 12.8 Å². The third kappa shape index (κ3) is 2.49. The Labute approximate surface area is 62.1 Å². The van der Waals surface area contributed by atoms with Crippen LogP contribution in [0.15, 0.2) is 0 Å². The maximum Gasteiger partial charge on any atom is 0.00903 e. The van der Waals surface area contributed by atoms with Crippen molar-refractivity contribution in [3.63, 3.8) is 0 Å². The van der Waals surface area contributed by atoms with Crippen molar-refractivity contribution in [2.75, 3.05) is 14.1 Å². The standard InChI is InChI=1S/C5H11N.HI/c1-6(2)5-3-4-5;/h5H,3-4H2,1-2H3;1H. The minimum absolute atomic E-state index is 0. The highest BCUT2D eigenvalue weighted by Gasteiger charge is 2.22. The Morgan fingerprint density at radius 2 is 1.71 bits per heavy atom. The van der Waals surface area contributed by atoms with Crippen LogP contribution in [-0.2, 0) is 0 Å². The van der Waals surface area contributed by atoms with Crippen molar-refractivity contribution in [2.24, 2.45) is 0 Å². The van der Waals surface area contributed by atoms with Gasteiger partial charge < -0.3 is 4.90 Å². The van der Waals surface area contributed by atoms with Gasteiger partial charge in [0, 0.05) is 6.04 Å². The number of halogens is 1. The summed E-state index contributed by atoms with van der Waals surface area (Å²) in [6, 6.07) is 0.935. The average Bonchev–Trinajstić information content (AvgIpc) is 2.06. The van der Waals surface area contributed by atoms with Gasteiger partial charge in [0.2, 0.25) is 0 Å². The Morgan fingerprint density at radius 3 is 1.71 bits per heavy atom. The molecule has 1 saturated carbocycles. The predicted molar refractivity (Wildman–Crippen MR) is 42.1 cm³/mol. The van der Waals surface area contributed by atoms with Gasteiger partial charge in [-0.25, -0.2) is 0 Å². The third-order valence-corrected chi connectivity index (χ3v) is 1.28. The largest absolute Gasteiger partial charge is 0.306 e. The molecule has 0 unspecified atom stereocenters. The maximum absolute atomic E-state index is 2.28. The zero-order valence-electron chi connectivity index (χ0n) is 4.85. The highest BCUT2D eigenvalue weighted by molar-refractivity contribution is 14.0. The molecule has 0 atom stereocenters. The van der Waals surface area contributed by atoms with Crippen molar-refractivity contribution in [1.29, 1.82) is 0 Å². The lowest BCUT2D eigenvalue weighted by Gasteiger charge is -2.03. The van der Waals surface area contributed by atoms with E-state index in [2.05, 4.69) is 19.0 Å². The van der Waals surface area contributed by atoms with Crippen LogP contribution in [0.5, 0.6) is 0 Å². The summed E-state index contributed by atoms with van der Waals surface area (Å²) in [7, 11) is 4.27. The Hall–Kier alpha value is 0.690. The van der Waals surface area contributed by atoms with Gasteiger partial charge in [-0.2, -0.15) is 0 Å². The fourth-order valence-electron chi connectivity index (χ4n) is 0.591. The first-order chi connectivity index (χ1) is 2.80. The summed E-state index contributed by atoms with van der Waals surface area (Å²) in [4.78, 5) is 2.28. The molecule has 2 heteroatoms. The fourth-order valence-corrected chi connectivity index (χ4v) is 0.591. The van der Waals surface area contributed by atoms with Gasteiger partial charge in [0.25, 0.3) is 0 Å². The lowest BCUT2D eigenvalue weighted by molar-refractivity contribution is 0.399. The molecule has 0 aromatic heterocycles. The van der Waals surface area contributed by atoms with Crippen LogP contribution >= 0.6 is 24.0 Å². The molecule has 0 heterocycles. The first kappa shape index (κ1) is 7.69. The van der Waals surface area contributed by atoms with Gasteiger partial charge >= 0.3 is 0 Å². The van der Waals surface area contributed by atoms with E-state index >= 15 is 0 Å². The summed E-state index contributed by atoms with van der Waals surface area (Å²) in [5.41, 5.74) is 0. The summed E-state index contributed by atoms with van der Waals surface area (Å²) in [5, 5.41) is 0. The van der Waals surface area contributed by atoms with Crippen molar-refractivity contribution in [1.82, 2.24) is 4.90 Å². The molecule has 0 aromatic rings. The minimum Gasteiger partial charge on any atom is -0.306 e. The van der Waals surface area contributed by atoms with Gasteiger partial charge in [-0.1, -0.05) is 0 Å². The molecule has 0 bridgehead atoms. The van der Waals surface area contributed by atoms with Crippen molar-refractivity contribution < 1.29 is 0 Å². The number of hydrogen-bond acceptors (Lipinski definition) is 1. The second-order valence-corrected chi connectivity index (χ2v) is 2.19. The fraction of sp³-hybridized carbons (Fsp3) is 1.00. The average molecular weight is 213 g/mol. The molecule has 0 radical (unpaired) electrons. The molecule has 0 aromatic carbocycles. The van der Waals surface area contributed by atoms with Gasteiger partial charge in [-0.3, -0.25) is 0 Å². The number of rotatable bonds is 1. The van der Waals surface area contributed by atoms with Crippen molar-refractivity contribution in [3.8, 4) is 0 Å². The van der Waals surface area contributed by atoms with E-state index in [0.717, 1.165) is 6.04 Å². The van der Waals surface area contributed by atoms with Crippen molar-refractivity contribution >= 4 is 24.0 Å². The van der Waals surface area contributed by atoms with Gasteiger partial charge in [-0.15, -0.1) is 24.0 Å². The van der Waals surface area contributed by atoms with Crippen molar-refractivity contribution in [3.05, 3.63) is 0 Å². The van der Waals surface area contributed by atoms with Gasteiger partial charge in [-0.05, 0) is 26.9 Å². The molecule has 1 aliphatic rings. The van der Waals surface area contributed by atoms with Gasteiger partial charge in [0.1, 0.15) is 0 Å². The van der Waals surface area contributed by atoms with Crippen LogP contribution in [0, 0.1) is 0 Å². The zero-order chi connectivity index (χ0) is 4.57. The van der Waals surface area contributed by atoms with E-state index in [4.69, 9.17) is 0 Å². The smallest absolute Gasteiger partial charge is 0.00903 e. The van der Waals surface area contributed by atoms with Crippen LogP contribution in [0.25, 0.3) is 0 Å². The topological polar surface area (TPSA) is 3.24 Å². The third-order valence-electron chi connectivity index (χ3n) is 1.28. The first-order valence-corrected chi connectivity index (χ1v) is 2.47. The Balaban J connectivity index is 0.000000360. The molecule has 0 N–H and O–H groups in total. The molecule has 1 rings (SSSR count). The van der Waals surface area contributed by atoms with Crippen LogP contribution in [-0.4, -0.2) is 25.0 Å². The van der Waals surface area contributed by atoms with E-state index in [1.807, 2.05) is 0 Å². The highest BCUT2D eigenvalue weighted by Crippen LogP contribution is 2.23. The molecule has 0 saturated heterocycles. The second kappa shape index (κ2) is 2.87. The summed E-state index contributed by atoms with van der Waals surface area (Å²) < 4.78 is 0. The molecule has 7 heavy (non-hydrogen) atoms. The molecular formula is C5H12IN. The van der Waals surface area contributed by atoms with Crippen molar-refractivity contribution in [2.45, 2.75) is 18.9 Å². The Bertz CT molecular complexity index is 50.0. The zero-order valence-corrected chi connectivity index (χ0v) is 7.18. The van der Waals surface area contributed by atoms with E-state index in [1.54, 1.807) is 0 Å². The van der Waals surface area contributed by atoms with Crippen LogP contribution < -0.4 is 0 Å². The summed E-state index contributed by atoms with van der Waals surface area (Å²) >= 11 is 0.